The van der Waals surface area contributed by atoms with Crippen molar-refractivity contribution in [1.82, 2.24) is 0 Å². The molecule has 0 radical (unpaired) electrons. The van der Waals surface area contributed by atoms with Crippen LogP contribution in [0.4, 0.5) is 11.4 Å². The van der Waals surface area contributed by atoms with Gasteiger partial charge in [-0.05, 0) is 48.9 Å². The molecule has 1 aliphatic rings. The maximum absolute atomic E-state index is 13.4. The number of aryl methyl sites for hydroxylation is 1. The van der Waals surface area contributed by atoms with Crippen LogP contribution in [0.5, 0.6) is 0 Å². The first kappa shape index (κ1) is 20.0. The average Bonchev–Trinajstić information content (AvgIpc) is 3.33. The Balaban J connectivity index is 1.71. The number of hydrogen-bond donors (Lipinski definition) is 0. The number of nitrogens with zero attached hydrogens (tertiary/aromatic N) is 2. The van der Waals surface area contributed by atoms with E-state index in [1.807, 2.05) is 74.4 Å². The fraction of sp³-hybridized carbons (Fsp3) is 0.167. The summed E-state index contributed by atoms with van der Waals surface area (Å²) in [5.41, 5.74) is 3.84. The molecule has 0 saturated heterocycles. The third-order valence-electron chi connectivity index (χ3n) is 4.94. The predicted molar refractivity (Wildman–Crippen MR) is 121 cm³/mol. The monoisotopic (exact) mass is 418 g/mol. The highest BCUT2D eigenvalue weighted by Crippen LogP contribution is 2.40. The third kappa shape index (κ3) is 3.78. The lowest BCUT2D eigenvalue weighted by molar-refractivity contribution is -0.119. The summed E-state index contributed by atoms with van der Waals surface area (Å²) in [4.78, 5) is 30.4. The summed E-state index contributed by atoms with van der Waals surface area (Å²) >= 11 is 1.33. The van der Waals surface area contributed by atoms with E-state index < -0.39 is 0 Å². The molecule has 0 saturated carbocycles. The van der Waals surface area contributed by atoms with E-state index in [4.69, 9.17) is 4.42 Å². The topological polar surface area (TPSA) is 53.8 Å². The Hall–Kier alpha value is -3.25. The minimum Gasteiger partial charge on any atom is -0.468 e. The summed E-state index contributed by atoms with van der Waals surface area (Å²) in [6, 6.07) is 18.8. The Labute approximate surface area is 180 Å². The smallest absolute Gasteiger partial charge is 0.272 e. The Morgan fingerprint density at radius 3 is 2.23 bits per heavy atom. The zero-order valence-electron chi connectivity index (χ0n) is 17.1. The quantitative estimate of drug-likeness (QED) is 0.535. The minimum atomic E-state index is -0.302. The van der Waals surface area contributed by atoms with Gasteiger partial charge in [0, 0.05) is 19.8 Å². The second kappa shape index (κ2) is 8.24. The molecule has 2 amide bonds. The van der Waals surface area contributed by atoms with Crippen molar-refractivity contribution in [2.45, 2.75) is 12.7 Å². The molecule has 0 fully saturated rings. The Bertz CT molecular complexity index is 1100. The normalized spacial score (nSPS) is 14.0. The first-order valence-corrected chi connectivity index (χ1v) is 10.6. The fourth-order valence-corrected chi connectivity index (χ4v) is 4.31. The van der Waals surface area contributed by atoms with Crippen LogP contribution in [0.2, 0.25) is 0 Å². The van der Waals surface area contributed by atoms with E-state index in [2.05, 4.69) is 0 Å². The van der Waals surface area contributed by atoms with E-state index in [0.717, 1.165) is 22.6 Å². The second-order valence-corrected chi connectivity index (χ2v) is 8.28. The number of furan rings is 1. The first-order valence-electron chi connectivity index (χ1n) is 9.58. The van der Waals surface area contributed by atoms with E-state index in [0.29, 0.717) is 21.9 Å². The van der Waals surface area contributed by atoms with Gasteiger partial charge in [0.15, 0.2) is 0 Å². The van der Waals surface area contributed by atoms with E-state index in [-0.39, 0.29) is 11.8 Å². The van der Waals surface area contributed by atoms with E-state index in [9.17, 15) is 9.59 Å². The first-order chi connectivity index (χ1) is 14.5. The molecule has 1 aliphatic heterocycles. The van der Waals surface area contributed by atoms with Crippen LogP contribution in [0.3, 0.4) is 0 Å². The zero-order valence-corrected chi connectivity index (χ0v) is 17.9. The lowest BCUT2D eigenvalue weighted by Crippen LogP contribution is -2.31. The van der Waals surface area contributed by atoms with Crippen molar-refractivity contribution in [3.05, 3.63) is 88.7 Å². The van der Waals surface area contributed by atoms with Gasteiger partial charge in [-0.25, -0.2) is 4.90 Å². The van der Waals surface area contributed by atoms with Gasteiger partial charge < -0.3 is 9.32 Å². The fourth-order valence-electron chi connectivity index (χ4n) is 3.29. The Morgan fingerprint density at radius 1 is 0.933 bits per heavy atom. The number of thioether (sulfide) groups is 1. The SMILES string of the molecule is Cc1ccc(C2=C(SCc3ccco3)C(=O)N(c3ccc(N(C)C)cc3)C2=O)cc1. The van der Waals surface area contributed by atoms with Crippen LogP contribution in [-0.2, 0) is 15.3 Å². The van der Waals surface area contributed by atoms with Gasteiger partial charge in [-0.3, -0.25) is 9.59 Å². The molecular formula is C24H22N2O3S. The molecule has 0 aliphatic carbocycles. The van der Waals surface area contributed by atoms with Crippen molar-refractivity contribution >= 4 is 40.5 Å². The van der Waals surface area contributed by atoms with E-state index >= 15 is 0 Å². The summed E-state index contributed by atoms with van der Waals surface area (Å²) in [7, 11) is 3.89. The van der Waals surface area contributed by atoms with Crippen LogP contribution in [0.25, 0.3) is 5.57 Å². The van der Waals surface area contributed by atoms with Gasteiger partial charge >= 0.3 is 0 Å². The van der Waals surface area contributed by atoms with Crippen molar-refractivity contribution in [3.63, 3.8) is 0 Å². The van der Waals surface area contributed by atoms with Gasteiger partial charge in [-0.2, -0.15) is 0 Å². The molecule has 5 nitrogen and oxygen atoms in total. The lowest BCUT2D eigenvalue weighted by atomic mass is 10.0. The molecule has 0 N–H and O–H groups in total. The van der Waals surface area contributed by atoms with Crippen molar-refractivity contribution in [1.29, 1.82) is 0 Å². The van der Waals surface area contributed by atoms with Crippen molar-refractivity contribution in [2.75, 3.05) is 23.9 Å². The summed E-state index contributed by atoms with van der Waals surface area (Å²) in [5, 5.41) is 0. The average molecular weight is 419 g/mol. The van der Waals surface area contributed by atoms with Crippen molar-refractivity contribution < 1.29 is 14.0 Å². The number of anilines is 2. The number of rotatable bonds is 6. The maximum Gasteiger partial charge on any atom is 0.272 e. The highest BCUT2D eigenvalue weighted by molar-refractivity contribution is 8.03. The van der Waals surface area contributed by atoms with Gasteiger partial charge in [0.25, 0.3) is 11.8 Å². The molecule has 2 heterocycles. The van der Waals surface area contributed by atoms with Crippen molar-refractivity contribution in [3.8, 4) is 0 Å². The third-order valence-corrected chi connectivity index (χ3v) is 6.04. The molecule has 0 unspecified atom stereocenters. The molecule has 2 aromatic carbocycles. The largest absolute Gasteiger partial charge is 0.468 e. The highest BCUT2D eigenvalue weighted by Gasteiger charge is 2.40. The number of benzene rings is 2. The summed E-state index contributed by atoms with van der Waals surface area (Å²) in [5.74, 6) is 0.627. The second-order valence-electron chi connectivity index (χ2n) is 7.29. The number of hydrogen-bond acceptors (Lipinski definition) is 5. The Morgan fingerprint density at radius 2 is 1.63 bits per heavy atom. The van der Waals surface area contributed by atoms with Gasteiger partial charge in [0.2, 0.25) is 0 Å². The molecule has 3 aromatic rings. The minimum absolute atomic E-state index is 0.301. The number of amides is 2. The molecule has 30 heavy (non-hydrogen) atoms. The van der Waals surface area contributed by atoms with E-state index in [1.54, 1.807) is 18.4 Å². The van der Waals surface area contributed by atoms with Gasteiger partial charge in [0.05, 0.1) is 28.2 Å². The molecule has 0 atom stereocenters. The highest BCUT2D eigenvalue weighted by atomic mass is 32.2. The van der Waals surface area contributed by atoms with Crippen LogP contribution < -0.4 is 9.80 Å². The van der Waals surface area contributed by atoms with E-state index in [1.165, 1.54) is 16.7 Å². The molecule has 1 aromatic heterocycles. The van der Waals surface area contributed by atoms with Gasteiger partial charge in [-0.15, -0.1) is 11.8 Å². The summed E-state index contributed by atoms with van der Waals surface area (Å²) < 4.78 is 5.40. The van der Waals surface area contributed by atoms with Crippen molar-refractivity contribution in [2.24, 2.45) is 0 Å². The van der Waals surface area contributed by atoms with Gasteiger partial charge in [0.1, 0.15) is 5.76 Å². The molecular weight excluding hydrogens is 396 g/mol. The molecule has 152 valence electrons. The van der Waals surface area contributed by atoms with Crippen LogP contribution in [0.1, 0.15) is 16.9 Å². The predicted octanol–water partition coefficient (Wildman–Crippen LogP) is 4.87. The van der Waals surface area contributed by atoms with Crippen LogP contribution in [-0.4, -0.2) is 25.9 Å². The van der Waals surface area contributed by atoms with Crippen LogP contribution >= 0.6 is 11.8 Å². The number of carbonyl (C=O) groups excluding carboxylic acids is 2. The molecule has 4 rings (SSSR count). The number of carbonyl (C=O) groups is 2. The summed E-state index contributed by atoms with van der Waals surface area (Å²) in [6.45, 7) is 1.99. The van der Waals surface area contributed by atoms with Crippen LogP contribution in [0.15, 0.2) is 76.2 Å². The Kier molecular flexibility index (Phi) is 5.50. The van der Waals surface area contributed by atoms with Gasteiger partial charge in [-0.1, -0.05) is 29.8 Å². The lowest BCUT2D eigenvalue weighted by Gasteiger charge is -2.17. The van der Waals surface area contributed by atoms with Crippen LogP contribution in [0, 0.1) is 6.92 Å². The zero-order chi connectivity index (χ0) is 21.3. The summed E-state index contributed by atoms with van der Waals surface area (Å²) in [6.07, 6.45) is 1.60. The molecule has 6 heteroatoms. The standard InChI is InChI=1S/C24H22N2O3S/c1-16-6-8-17(9-7-16)21-22(30-15-20-5-4-14-29-20)24(28)26(23(21)27)19-12-10-18(11-13-19)25(2)3/h4-14H,15H2,1-3H3. The molecule has 0 spiro atoms. The molecule has 0 bridgehead atoms. The maximum atomic E-state index is 13.4. The number of imide groups is 1.